The molecule has 0 spiro atoms. The van der Waals surface area contributed by atoms with E-state index in [1.165, 1.54) is 11.3 Å². The average molecular weight is 426 g/mol. The van der Waals surface area contributed by atoms with Gasteiger partial charge in [0.1, 0.15) is 0 Å². The normalized spacial score (nSPS) is 11.3. The van der Waals surface area contributed by atoms with E-state index < -0.39 is 0 Å². The molecule has 0 saturated carbocycles. The summed E-state index contributed by atoms with van der Waals surface area (Å²) in [5.41, 5.74) is 3.77. The second-order valence-corrected chi connectivity index (χ2v) is 9.20. The Morgan fingerprint density at radius 1 is 0.852 bits per heavy atom. The van der Waals surface area contributed by atoms with Crippen LogP contribution in [0.2, 0.25) is 5.02 Å². The molecule has 2 nitrogen and oxygen atoms in total. The molecule has 5 rings (SSSR count). The van der Waals surface area contributed by atoms with Crippen molar-refractivity contribution in [2.24, 2.45) is 0 Å². The van der Waals surface area contributed by atoms with Crippen molar-refractivity contribution in [3.63, 3.8) is 0 Å². The summed E-state index contributed by atoms with van der Waals surface area (Å²) in [7, 11) is 0. The number of halogens is 1. The van der Waals surface area contributed by atoms with Gasteiger partial charge in [0.05, 0.1) is 31.2 Å². The lowest BCUT2D eigenvalue weighted by Crippen LogP contribution is -2.02. The van der Waals surface area contributed by atoms with E-state index in [2.05, 4.69) is 16.7 Å². The number of aromatic nitrogens is 1. The molecule has 0 unspecified atom stereocenters. The van der Waals surface area contributed by atoms with Gasteiger partial charge in [-0.25, -0.2) is 0 Å². The molecule has 0 amide bonds. The summed E-state index contributed by atoms with van der Waals surface area (Å²) in [6, 6.07) is 17.7. The van der Waals surface area contributed by atoms with Gasteiger partial charge in [-0.05, 0) is 58.6 Å². The molecule has 0 fully saturated rings. The molecule has 5 aromatic rings. The molecule has 132 valence electrons. The number of rotatable bonds is 4. The van der Waals surface area contributed by atoms with E-state index >= 15 is 0 Å². The number of benzene rings is 1. The summed E-state index contributed by atoms with van der Waals surface area (Å²) < 4.78 is 3.20. The summed E-state index contributed by atoms with van der Waals surface area (Å²) in [6.45, 7) is 0. The van der Waals surface area contributed by atoms with Gasteiger partial charge in [0.2, 0.25) is 5.78 Å². The quantitative estimate of drug-likeness (QED) is 0.275. The van der Waals surface area contributed by atoms with E-state index in [4.69, 9.17) is 11.6 Å². The van der Waals surface area contributed by atoms with Crippen LogP contribution in [0.25, 0.3) is 26.5 Å². The predicted octanol–water partition coefficient (Wildman–Crippen LogP) is 7.37. The van der Waals surface area contributed by atoms with Crippen LogP contribution in [0.1, 0.15) is 15.2 Å². The third-order valence-corrected chi connectivity index (χ3v) is 7.30. The Balaban J connectivity index is 1.87. The smallest absolute Gasteiger partial charge is 0.206 e. The molecule has 4 heterocycles. The zero-order chi connectivity index (χ0) is 18.4. The highest BCUT2D eigenvalue weighted by Crippen LogP contribution is 2.42. The lowest BCUT2D eigenvalue weighted by Gasteiger charge is -2.11. The number of carbonyl (C=O) groups is 1. The van der Waals surface area contributed by atoms with Gasteiger partial charge in [-0.15, -0.1) is 34.0 Å². The third-order valence-electron chi connectivity index (χ3n) is 4.38. The Hall–Kier alpha value is -2.18. The maximum atomic E-state index is 13.4. The minimum absolute atomic E-state index is 0.0774. The second-order valence-electron chi connectivity index (χ2n) is 5.95. The number of carbonyl (C=O) groups excluding carboxylic acids is 1. The van der Waals surface area contributed by atoms with Gasteiger partial charge in [0.15, 0.2) is 0 Å². The van der Waals surface area contributed by atoms with Crippen LogP contribution in [0, 0.1) is 0 Å². The van der Waals surface area contributed by atoms with Gasteiger partial charge in [0, 0.05) is 10.7 Å². The molecule has 0 aliphatic heterocycles. The Morgan fingerprint density at radius 3 is 2.33 bits per heavy atom. The number of fused-ring (bicyclic) bond motifs is 1. The van der Waals surface area contributed by atoms with Crippen molar-refractivity contribution in [3.8, 4) is 16.3 Å². The zero-order valence-electron chi connectivity index (χ0n) is 13.9. The molecule has 0 aliphatic carbocycles. The lowest BCUT2D eigenvalue weighted by molar-refractivity contribution is 0.104. The van der Waals surface area contributed by atoms with E-state index in [1.54, 1.807) is 22.7 Å². The standard InChI is InChI=1S/C21H12ClNOS3/c22-13-5-7-14(8-6-13)23-15-9-12-27-21(15)18(19(23)16-3-1-10-25-16)20(24)17-4-2-11-26-17/h1-12H. The first-order valence-electron chi connectivity index (χ1n) is 8.24. The first kappa shape index (κ1) is 17.0. The topological polar surface area (TPSA) is 22.0 Å². The highest BCUT2D eigenvalue weighted by Gasteiger charge is 2.27. The minimum Gasteiger partial charge on any atom is -0.307 e. The van der Waals surface area contributed by atoms with Crippen LogP contribution >= 0.6 is 45.6 Å². The molecular weight excluding hydrogens is 414 g/mol. The van der Waals surface area contributed by atoms with Crippen molar-refractivity contribution in [1.82, 2.24) is 4.57 Å². The molecular formula is C21H12ClNOS3. The zero-order valence-corrected chi connectivity index (χ0v) is 17.1. The van der Waals surface area contributed by atoms with Crippen LogP contribution < -0.4 is 0 Å². The SMILES string of the molecule is O=C(c1cccs1)c1c(-c2cccs2)n(-c2ccc(Cl)cc2)c2ccsc12. The number of ketones is 1. The summed E-state index contributed by atoms with van der Waals surface area (Å²) >= 11 is 10.8. The van der Waals surface area contributed by atoms with Crippen LogP contribution in [0.5, 0.6) is 0 Å². The maximum Gasteiger partial charge on any atom is 0.206 e. The van der Waals surface area contributed by atoms with Gasteiger partial charge in [-0.2, -0.15) is 0 Å². The van der Waals surface area contributed by atoms with Crippen molar-refractivity contribution in [2.45, 2.75) is 0 Å². The first-order chi connectivity index (χ1) is 13.2. The Kier molecular flexibility index (Phi) is 4.25. The Morgan fingerprint density at radius 2 is 1.63 bits per heavy atom. The van der Waals surface area contributed by atoms with Gasteiger partial charge < -0.3 is 4.57 Å². The molecule has 0 radical (unpaired) electrons. The molecule has 0 N–H and O–H groups in total. The Labute approximate surface area is 172 Å². The van der Waals surface area contributed by atoms with Crippen molar-refractivity contribution < 1.29 is 4.79 Å². The van der Waals surface area contributed by atoms with Crippen molar-refractivity contribution in [1.29, 1.82) is 0 Å². The van der Waals surface area contributed by atoms with Crippen LogP contribution in [0.4, 0.5) is 0 Å². The largest absolute Gasteiger partial charge is 0.307 e. The minimum atomic E-state index is 0.0774. The highest BCUT2D eigenvalue weighted by atomic mass is 35.5. The highest BCUT2D eigenvalue weighted by molar-refractivity contribution is 7.18. The van der Waals surface area contributed by atoms with E-state index in [0.717, 1.165) is 36.9 Å². The third kappa shape index (κ3) is 2.78. The van der Waals surface area contributed by atoms with Gasteiger partial charge in [0.25, 0.3) is 0 Å². The molecule has 0 atom stereocenters. The molecule has 0 aliphatic rings. The summed E-state index contributed by atoms with van der Waals surface area (Å²) in [5.74, 6) is 0.0774. The van der Waals surface area contributed by atoms with Crippen LogP contribution in [-0.4, -0.2) is 10.4 Å². The van der Waals surface area contributed by atoms with Crippen LogP contribution in [0.15, 0.2) is 70.7 Å². The molecule has 0 bridgehead atoms. The second kappa shape index (κ2) is 6.77. The fourth-order valence-electron chi connectivity index (χ4n) is 3.25. The van der Waals surface area contributed by atoms with Crippen LogP contribution in [0.3, 0.4) is 0 Å². The lowest BCUT2D eigenvalue weighted by atomic mass is 10.1. The van der Waals surface area contributed by atoms with Crippen molar-refractivity contribution in [3.05, 3.63) is 86.2 Å². The number of hydrogen-bond acceptors (Lipinski definition) is 4. The predicted molar refractivity (Wildman–Crippen MR) is 117 cm³/mol. The van der Waals surface area contributed by atoms with Gasteiger partial charge >= 0.3 is 0 Å². The van der Waals surface area contributed by atoms with Gasteiger partial charge in [-0.3, -0.25) is 4.79 Å². The Bertz CT molecular complexity index is 1230. The monoisotopic (exact) mass is 425 g/mol. The fourth-order valence-corrected chi connectivity index (χ4v) is 5.73. The van der Waals surface area contributed by atoms with E-state index in [0.29, 0.717) is 5.02 Å². The fraction of sp³-hybridized carbons (Fsp3) is 0. The van der Waals surface area contributed by atoms with E-state index in [-0.39, 0.29) is 5.78 Å². The van der Waals surface area contributed by atoms with Crippen molar-refractivity contribution in [2.75, 3.05) is 0 Å². The first-order valence-corrected chi connectivity index (χ1v) is 11.3. The average Bonchev–Trinajstić information content (AvgIpc) is 3.45. The molecule has 6 heteroatoms. The molecule has 27 heavy (non-hydrogen) atoms. The maximum absolute atomic E-state index is 13.4. The molecule has 1 aromatic carbocycles. The van der Waals surface area contributed by atoms with Gasteiger partial charge in [-0.1, -0.05) is 23.7 Å². The van der Waals surface area contributed by atoms with Crippen LogP contribution in [-0.2, 0) is 0 Å². The van der Waals surface area contributed by atoms with E-state index in [1.807, 2.05) is 58.6 Å². The summed E-state index contributed by atoms with van der Waals surface area (Å²) in [4.78, 5) is 15.3. The summed E-state index contributed by atoms with van der Waals surface area (Å²) in [5, 5.41) is 6.72. The summed E-state index contributed by atoms with van der Waals surface area (Å²) in [6.07, 6.45) is 0. The van der Waals surface area contributed by atoms with Crippen molar-refractivity contribution >= 4 is 61.6 Å². The number of thiophene rings is 3. The number of hydrogen-bond donors (Lipinski definition) is 0. The van der Waals surface area contributed by atoms with E-state index in [9.17, 15) is 4.79 Å². The molecule has 4 aromatic heterocycles. The number of nitrogens with zero attached hydrogens (tertiary/aromatic N) is 1. The molecule has 0 saturated heterocycles.